The van der Waals surface area contributed by atoms with Crippen molar-refractivity contribution in [1.82, 2.24) is 10.2 Å². The molecule has 8 heteroatoms. The first kappa shape index (κ1) is 26.4. The lowest BCUT2D eigenvalue weighted by atomic mass is 9.98. The van der Waals surface area contributed by atoms with Crippen molar-refractivity contribution in [2.24, 2.45) is 0 Å². The molecule has 2 N–H and O–H groups in total. The number of hydrogen-bond donors (Lipinski definition) is 2. The van der Waals surface area contributed by atoms with Gasteiger partial charge >= 0.3 is 12.1 Å². The van der Waals surface area contributed by atoms with E-state index in [0.717, 1.165) is 27.8 Å². The lowest BCUT2D eigenvalue weighted by molar-refractivity contribution is -0.150. The van der Waals surface area contributed by atoms with Crippen molar-refractivity contribution < 1.29 is 29.0 Å². The van der Waals surface area contributed by atoms with Gasteiger partial charge in [-0.3, -0.25) is 4.79 Å². The van der Waals surface area contributed by atoms with Gasteiger partial charge in [-0.25, -0.2) is 9.59 Å². The van der Waals surface area contributed by atoms with Crippen LogP contribution in [0.3, 0.4) is 0 Å². The van der Waals surface area contributed by atoms with Crippen molar-refractivity contribution >= 4 is 18.0 Å². The molecule has 1 aliphatic heterocycles. The van der Waals surface area contributed by atoms with E-state index in [9.17, 15) is 19.5 Å². The molecule has 3 atom stereocenters. The van der Waals surface area contributed by atoms with E-state index in [2.05, 4.69) is 17.4 Å². The van der Waals surface area contributed by atoms with E-state index >= 15 is 0 Å². The summed E-state index contributed by atoms with van der Waals surface area (Å²) in [4.78, 5) is 39.7. The highest BCUT2D eigenvalue weighted by Gasteiger charge is 2.40. The van der Waals surface area contributed by atoms with Crippen LogP contribution in [0.1, 0.15) is 42.4 Å². The van der Waals surface area contributed by atoms with Crippen LogP contribution >= 0.6 is 0 Å². The minimum Gasteiger partial charge on any atom is -0.480 e. The summed E-state index contributed by atoms with van der Waals surface area (Å²) >= 11 is 0. The molecule has 1 aliphatic carbocycles. The Hall–Kier alpha value is -4.17. The topological polar surface area (TPSA) is 105 Å². The molecule has 39 heavy (non-hydrogen) atoms. The van der Waals surface area contributed by atoms with Crippen LogP contribution in [0, 0.1) is 0 Å². The molecule has 0 spiro atoms. The quantitative estimate of drug-likeness (QED) is 0.422. The molecule has 3 aromatic carbocycles. The molecule has 1 heterocycles. The molecule has 1 saturated heterocycles. The Morgan fingerprint density at radius 1 is 0.949 bits per heavy atom. The zero-order valence-electron chi connectivity index (χ0n) is 21.8. The maximum absolute atomic E-state index is 13.5. The number of amides is 2. The van der Waals surface area contributed by atoms with Gasteiger partial charge in [-0.15, -0.1) is 0 Å². The highest BCUT2D eigenvalue weighted by atomic mass is 16.5. The summed E-state index contributed by atoms with van der Waals surface area (Å²) < 4.78 is 11.7. The van der Waals surface area contributed by atoms with E-state index in [0.29, 0.717) is 19.4 Å². The number of rotatable bonds is 9. The molecule has 2 amide bonds. The van der Waals surface area contributed by atoms with Gasteiger partial charge < -0.3 is 24.8 Å². The number of carboxylic acid groups (broad SMARTS) is 1. The average molecular weight is 529 g/mol. The molecule has 202 valence electrons. The Balaban J connectivity index is 1.29. The van der Waals surface area contributed by atoms with E-state index < -0.39 is 36.2 Å². The van der Waals surface area contributed by atoms with Crippen LogP contribution in [-0.4, -0.2) is 59.3 Å². The van der Waals surface area contributed by atoms with Gasteiger partial charge in [0.25, 0.3) is 0 Å². The Morgan fingerprint density at radius 2 is 1.56 bits per heavy atom. The zero-order valence-corrected chi connectivity index (χ0v) is 21.8. The zero-order chi connectivity index (χ0) is 27.4. The van der Waals surface area contributed by atoms with Gasteiger partial charge in [0.05, 0.1) is 12.7 Å². The van der Waals surface area contributed by atoms with Crippen molar-refractivity contribution in [3.63, 3.8) is 0 Å². The third-order valence-electron chi connectivity index (χ3n) is 7.53. The fraction of sp³-hybridized carbons (Fsp3) is 0.323. The monoisotopic (exact) mass is 528 g/mol. The number of ether oxygens (including phenoxy) is 2. The number of carbonyl (C=O) groups is 3. The normalized spacial score (nSPS) is 17.7. The molecule has 3 aromatic rings. The SMILES string of the molecule is C[C@H](OCc1ccccc1)[C@@H](NC(=O)OCC1c2ccccc2-c2ccccc21)C(=O)N1CCC[C@H]1C(=O)O. The second-order valence-electron chi connectivity index (χ2n) is 9.98. The predicted octanol–water partition coefficient (Wildman–Crippen LogP) is 4.57. The van der Waals surface area contributed by atoms with Gasteiger partial charge in [0.15, 0.2) is 0 Å². The molecular weight excluding hydrogens is 496 g/mol. The molecule has 5 rings (SSSR count). The second-order valence-corrected chi connectivity index (χ2v) is 9.98. The molecule has 2 aliphatic rings. The molecule has 0 radical (unpaired) electrons. The van der Waals surface area contributed by atoms with E-state index in [4.69, 9.17) is 9.47 Å². The Morgan fingerprint density at radius 3 is 2.21 bits per heavy atom. The van der Waals surface area contributed by atoms with Crippen LogP contribution in [0.25, 0.3) is 11.1 Å². The van der Waals surface area contributed by atoms with Crippen molar-refractivity contribution in [3.8, 4) is 11.1 Å². The molecular formula is C31H32N2O6. The number of carbonyl (C=O) groups excluding carboxylic acids is 2. The van der Waals surface area contributed by atoms with E-state index in [1.165, 1.54) is 4.90 Å². The molecule has 0 unspecified atom stereocenters. The summed E-state index contributed by atoms with van der Waals surface area (Å²) in [5, 5.41) is 12.3. The highest BCUT2D eigenvalue weighted by Crippen LogP contribution is 2.44. The fourth-order valence-electron chi connectivity index (χ4n) is 5.51. The van der Waals surface area contributed by atoms with Gasteiger partial charge in [-0.1, -0.05) is 78.9 Å². The maximum atomic E-state index is 13.5. The van der Waals surface area contributed by atoms with E-state index in [-0.39, 0.29) is 19.1 Å². The number of benzene rings is 3. The van der Waals surface area contributed by atoms with E-state index in [1.54, 1.807) is 6.92 Å². The number of nitrogens with zero attached hydrogens (tertiary/aromatic N) is 1. The lowest BCUT2D eigenvalue weighted by Gasteiger charge is -2.30. The van der Waals surface area contributed by atoms with Crippen LogP contribution in [0.4, 0.5) is 4.79 Å². The largest absolute Gasteiger partial charge is 0.480 e. The number of nitrogens with one attached hydrogen (secondary N) is 1. The van der Waals surface area contributed by atoms with Crippen molar-refractivity contribution in [2.75, 3.05) is 13.2 Å². The van der Waals surface area contributed by atoms with Crippen LogP contribution in [0.5, 0.6) is 0 Å². The first-order chi connectivity index (χ1) is 18.9. The summed E-state index contributed by atoms with van der Waals surface area (Å²) in [7, 11) is 0. The lowest BCUT2D eigenvalue weighted by Crippen LogP contribution is -2.56. The molecule has 0 aromatic heterocycles. The summed E-state index contributed by atoms with van der Waals surface area (Å²) in [5.41, 5.74) is 5.32. The third kappa shape index (κ3) is 5.66. The fourth-order valence-corrected chi connectivity index (χ4v) is 5.51. The first-order valence-electron chi connectivity index (χ1n) is 13.2. The Bertz CT molecular complexity index is 1300. The predicted molar refractivity (Wildman–Crippen MR) is 145 cm³/mol. The average Bonchev–Trinajstić information content (AvgIpc) is 3.57. The number of likely N-dealkylation sites (tertiary alicyclic amines) is 1. The highest BCUT2D eigenvalue weighted by molar-refractivity contribution is 5.90. The van der Waals surface area contributed by atoms with Crippen molar-refractivity contribution in [1.29, 1.82) is 0 Å². The maximum Gasteiger partial charge on any atom is 0.407 e. The molecule has 0 bridgehead atoms. The van der Waals surface area contributed by atoms with Gasteiger partial charge in [0, 0.05) is 12.5 Å². The van der Waals surface area contributed by atoms with Crippen LogP contribution in [0.2, 0.25) is 0 Å². The number of fused-ring (bicyclic) bond motifs is 3. The summed E-state index contributed by atoms with van der Waals surface area (Å²) in [6.45, 7) is 2.34. The van der Waals surface area contributed by atoms with Gasteiger partial charge in [0.2, 0.25) is 5.91 Å². The second kappa shape index (κ2) is 11.7. The standard InChI is InChI=1S/C31H32N2O6/c1-20(38-18-21-10-3-2-4-11-21)28(29(34)33-17-9-16-27(33)30(35)36)32-31(37)39-19-26-24-14-7-5-12-22(24)23-13-6-8-15-25(23)26/h2-8,10-15,20,26-28H,9,16-19H2,1H3,(H,32,37)(H,35,36)/t20-,27-,28+/m0/s1. The van der Waals surface area contributed by atoms with Crippen LogP contribution in [0.15, 0.2) is 78.9 Å². The summed E-state index contributed by atoms with van der Waals surface area (Å²) in [6, 6.07) is 23.6. The Labute approximate surface area is 227 Å². The number of alkyl carbamates (subject to hydrolysis) is 1. The minimum atomic E-state index is -1.11. The van der Waals surface area contributed by atoms with Crippen molar-refractivity contribution in [2.45, 2.75) is 50.5 Å². The number of aliphatic carboxylic acids is 1. The van der Waals surface area contributed by atoms with Gasteiger partial charge in [-0.2, -0.15) is 0 Å². The first-order valence-corrected chi connectivity index (χ1v) is 13.2. The van der Waals surface area contributed by atoms with Crippen LogP contribution < -0.4 is 5.32 Å². The van der Waals surface area contributed by atoms with Gasteiger partial charge in [0.1, 0.15) is 18.7 Å². The van der Waals surface area contributed by atoms with Crippen molar-refractivity contribution in [3.05, 3.63) is 95.6 Å². The van der Waals surface area contributed by atoms with Gasteiger partial charge in [-0.05, 0) is 47.6 Å². The number of carboxylic acids is 1. The summed E-state index contributed by atoms with van der Waals surface area (Å²) in [6.07, 6.45) is -0.526. The molecule has 0 saturated carbocycles. The molecule has 1 fully saturated rings. The Kier molecular flexibility index (Phi) is 7.93. The smallest absolute Gasteiger partial charge is 0.407 e. The number of hydrogen-bond acceptors (Lipinski definition) is 5. The minimum absolute atomic E-state index is 0.0987. The van der Waals surface area contributed by atoms with E-state index in [1.807, 2.05) is 66.7 Å². The van der Waals surface area contributed by atoms with Crippen LogP contribution in [-0.2, 0) is 25.7 Å². The summed E-state index contributed by atoms with van der Waals surface area (Å²) in [5.74, 6) is -1.67. The third-order valence-corrected chi connectivity index (χ3v) is 7.53. The molecule has 8 nitrogen and oxygen atoms in total.